The van der Waals surface area contributed by atoms with Crippen LogP contribution in [0, 0.1) is 0 Å². The SMILES string of the molecule is CC(C)Oc1ccc(C(N)=O)c(C(CNC(=O)CCN)Cc2ccc(-c3cn4cccc(Br)c4n3)cc2)c1Cl. The number of carbonyl (C=O) groups is 2. The monoisotopic (exact) mass is 611 g/mol. The number of primary amides is 1. The minimum absolute atomic E-state index is 0.120. The largest absolute Gasteiger partial charge is 0.489 e. The standard InChI is InChI=1S/C29H31BrClN5O3/c1-17(2)39-24-10-9-21(28(33)38)26(27(24)31)20(15-34-25(37)11-12-32)14-18-5-7-19(8-6-18)23-16-36-13-3-4-22(30)29(36)35-23/h3-10,13,16-17,20H,11-12,14-15,32H2,1-2H3,(H2,33,38)(H,34,37). The van der Waals surface area contributed by atoms with Crippen LogP contribution >= 0.6 is 27.5 Å². The quantitative estimate of drug-likeness (QED) is 0.218. The second-order valence-corrected chi connectivity index (χ2v) is 10.8. The Hall–Kier alpha value is -3.40. The number of fused-ring (bicyclic) bond motifs is 1. The van der Waals surface area contributed by atoms with Gasteiger partial charge >= 0.3 is 0 Å². The second-order valence-electron chi connectivity index (χ2n) is 9.52. The number of nitrogens with two attached hydrogens (primary N) is 2. The van der Waals surface area contributed by atoms with E-state index in [1.807, 2.05) is 67.0 Å². The number of nitrogens with zero attached hydrogens (tertiary/aromatic N) is 2. The number of aromatic nitrogens is 2. The first kappa shape index (κ1) is 28.6. The summed E-state index contributed by atoms with van der Waals surface area (Å²) in [6.45, 7) is 4.27. The van der Waals surface area contributed by atoms with Crippen molar-refractivity contribution in [3.05, 3.63) is 87.1 Å². The van der Waals surface area contributed by atoms with Gasteiger partial charge in [0.05, 0.1) is 21.3 Å². The fraction of sp³-hybridized carbons (Fsp3) is 0.276. The number of ether oxygens (including phenoxy) is 1. The molecule has 0 aliphatic carbocycles. The third-order valence-electron chi connectivity index (χ3n) is 6.26. The Morgan fingerprint density at radius 1 is 1.15 bits per heavy atom. The Morgan fingerprint density at radius 3 is 2.54 bits per heavy atom. The molecule has 4 rings (SSSR count). The van der Waals surface area contributed by atoms with Crippen LogP contribution in [-0.4, -0.2) is 40.4 Å². The number of benzene rings is 2. The molecule has 2 heterocycles. The number of rotatable bonds is 11. The summed E-state index contributed by atoms with van der Waals surface area (Å²) in [6, 6.07) is 15.2. The molecule has 10 heteroatoms. The van der Waals surface area contributed by atoms with E-state index in [2.05, 4.69) is 21.2 Å². The lowest BCUT2D eigenvalue weighted by atomic mass is 9.87. The van der Waals surface area contributed by atoms with Crippen molar-refractivity contribution in [2.75, 3.05) is 13.1 Å². The smallest absolute Gasteiger partial charge is 0.249 e. The summed E-state index contributed by atoms with van der Waals surface area (Å²) in [5, 5.41) is 3.24. The summed E-state index contributed by atoms with van der Waals surface area (Å²) in [5.74, 6) is -0.676. The number of pyridine rings is 1. The molecule has 2 aromatic heterocycles. The van der Waals surface area contributed by atoms with Crippen LogP contribution < -0.4 is 21.5 Å². The summed E-state index contributed by atoms with van der Waals surface area (Å²) in [7, 11) is 0. The molecule has 204 valence electrons. The van der Waals surface area contributed by atoms with Crippen molar-refractivity contribution < 1.29 is 14.3 Å². The van der Waals surface area contributed by atoms with E-state index in [1.165, 1.54) is 0 Å². The van der Waals surface area contributed by atoms with E-state index in [0.717, 1.165) is 26.9 Å². The summed E-state index contributed by atoms with van der Waals surface area (Å²) in [6.07, 6.45) is 4.50. The van der Waals surface area contributed by atoms with Crippen molar-refractivity contribution in [3.63, 3.8) is 0 Å². The lowest BCUT2D eigenvalue weighted by Gasteiger charge is -2.24. The highest BCUT2D eigenvalue weighted by Crippen LogP contribution is 2.38. The van der Waals surface area contributed by atoms with Crippen LogP contribution in [0.5, 0.6) is 5.75 Å². The van der Waals surface area contributed by atoms with Crippen molar-refractivity contribution in [2.45, 2.75) is 38.7 Å². The van der Waals surface area contributed by atoms with E-state index >= 15 is 0 Å². The molecule has 0 spiro atoms. The number of hydrogen-bond acceptors (Lipinski definition) is 5. The fourth-order valence-corrected chi connectivity index (χ4v) is 5.29. The zero-order valence-corrected chi connectivity index (χ0v) is 24.1. The first-order chi connectivity index (χ1) is 18.7. The normalized spacial score (nSPS) is 12.1. The molecule has 0 saturated heterocycles. The van der Waals surface area contributed by atoms with Gasteiger partial charge in [0.2, 0.25) is 11.8 Å². The molecule has 2 aromatic carbocycles. The van der Waals surface area contributed by atoms with Gasteiger partial charge < -0.3 is 25.9 Å². The van der Waals surface area contributed by atoms with Gasteiger partial charge in [-0.05, 0) is 71.6 Å². The second kappa shape index (κ2) is 12.6. The summed E-state index contributed by atoms with van der Waals surface area (Å²) >= 11 is 10.4. The van der Waals surface area contributed by atoms with Gasteiger partial charge in [0, 0.05) is 48.9 Å². The van der Waals surface area contributed by atoms with Crippen molar-refractivity contribution in [2.24, 2.45) is 11.5 Å². The molecule has 2 amide bonds. The Labute approximate surface area is 240 Å². The zero-order valence-electron chi connectivity index (χ0n) is 21.8. The molecule has 39 heavy (non-hydrogen) atoms. The van der Waals surface area contributed by atoms with Gasteiger partial charge in [-0.2, -0.15) is 0 Å². The summed E-state index contributed by atoms with van der Waals surface area (Å²) in [5.41, 5.74) is 15.8. The highest BCUT2D eigenvalue weighted by Gasteiger charge is 2.25. The number of amides is 2. The van der Waals surface area contributed by atoms with E-state index < -0.39 is 5.91 Å². The molecule has 8 nitrogen and oxygen atoms in total. The molecule has 0 radical (unpaired) electrons. The Morgan fingerprint density at radius 2 is 1.90 bits per heavy atom. The number of imidazole rings is 1. The number of hydrogen-bond donors (Lipinski definition) is 3. The molecule has 1 atom stereocenters. The minimum atomic E-state index is -0.602. The maximum Gasteiger partial charge on any atom is 0.249 e. The van der Waals surface area contributed by atoms with Gasteiger partial charge in [0.25, 0.3) is 0 Å². The van der Waals surface area contributed by atoms with E-state index in [1.54, 1.807) is 12.1 Å². The topological polar surface area (TPSA) is 125 Å². The maximum absolute atomic E-state index is 12.4. The molecule has 1 unspecified atom stereocenters. The number of halogens is 2. The molecular weight excluding hydrogens is 582 g/mol. The van der Waals surface area contributed by atoms with Crippen LogP contribution in [0.1, 0.15) is 47.7 Å². The van der Waals surface area contributed by atoms with Crippen molar-refractivity contribution in [1.29, 1.82) is 0 Å². The van der Waals surface area contributed by atoms with Crippen molar-refractivity contribution in [3.8, 4) is 17.0 Å². The van der Waals surface area contributed by atoms with Gasteiger partial charge in [0.15, 0.2) is 5.65 Å². The lowest BCUT2D eigenvalue weighted by molar-refractivity contribution is -0.120. The van der Waals surface area contributed by atoms with Crippen LogP contribution in [0.4, 0.5) is 0 Å². The molecule has 0 fully saturated rings. The number of nitrogens with one attached hydrogen (secondary N) is 1. The third kappa shape index (κ3) is 6.79. The van der Waals surface area contributed by atoms with E-state index in [4.69, 9.17) is 32.8 Å². The van der Waals surface area contributed by atoms with Crippen LogP contribution in [0.25, 0.3) is 16.9 Å². The minimum Gasteiger partial charge on any atom is -0.489 e. The molecule has 5 N–H and O–H groups in total. The molecule has 0 bridgehead atoms. The molecule has 4 aromatic rings. The zero-order chi connectivity index (χ0) is 28.1. The molecule has 0 saturated carbocycles. The first-order valence-electron chi connectivity index (χ1n) is 12.7. The maximum atomic E-state index is 12.4. The fourth-order valence-electron chi connectivity index (χ4n) is 4.48. The van der Waals surface area contributed by atoms with Crippen LogP contribution in [0.2, 0.25) is 5.02 Å². The Balaban J connectivity index is 1.68. The summed E-state index contributed by atoms with van der Waals surface area (Å²) in [4.78, 5) is 29.4. The average Bonchev–Trinajstić information content (AvgIpc) is 3.34. The third-order valence-corrected chi connectivity index (χ3v) is 7.27. The average molecular weight is 613 g/mol. The highest BCUT2D eigenvalue weighted by atomic mass is 79.9. The van der Waals surface area contributed by atoms with Crippen LogP contribution in [0.15, 0.2) is 65.4 Å². The molecular formula is C29H31BrClN5O3. The Bertz CT molecular complexity index is 1490. The van der Waals surface area contributed by atoms with Crippen LogP contribution in [-0.2, 0) is 11.2 Å². The van der Waals surface area contributed by atoms with E-state index in [-0.39, 0.29) is 37.4 Å². The van der Waals surface area contributed by atoms with Gasteiger partial charge in [-0.25, -0.2) is 4.98 Å². The van der Waals surface area contributed by atoms with Crippen molar-refractivity contribution >= 4 is 45.0 Å². The number of carbonyl (C=O) groups excluding carboxylic acids is 2. The van der Waals surface area contributed by atoms with Crippen LogP contribution in [0.3, 0.4) is 0 Å². The predicted octanol–water partition coefficient (Wildman–Crippen LogP) is 5.09. The highest BCUT2D eigenvalue weighted by molar-refractivity contribution is 9.10. The molecule has 0 aliphatic heterocycles. The van der Waals surface area contributed by atoms with Gasteiger partial charge in [-0.3, -0.25) is 9.59 Å². The van der Waals surface area contributed by atoms with Gasteiger partial charge in [-0.1, -0.05) is 35.9 Å². The van der Waals surface area contributed by atoms with Crippen molar-refractivity contribution in [1.82, 2.24) is 14.7 Å². The van der Waals surface area contributed by atoms with Gasteiger partial charge in [0.1, 0.15) is 5.75 Å². The molecule has 0 aliphatic rings. The van der Waals surface area contributed by atoms with E-state index in [0.29, 0.717) is 28.3 Å². The lowest BCUT2D eigenvalue weighted by Crippen LogP contribution is -2.31. The summed E-state index contributed by atoms with van der Waals surface area (Å²) < 4.78 is 8.76. The Kier molecular flexibility index (Phi) is 9.27. The van der Waals surface area contributed by atoms with E-state index in [9.17, 15) is 9.59 Å². The van der Waals surface area contributed by atoms with Gasteiger partial charge in [-0.15, -0.1) is 0 Å². The predicted molar refractivity (Wildman–Crippen MR) is 157 cm³/mol. The first-order valence-corrected chi connectivity index (χ1v) is 13.8.